The number of aliphatic imine (C=N–C) groups is 1. The molecule has 1 amide bonds. The van der Waals surface area contributed by atoms with E-state index in [9.17, 15) is 4.79 Å². The first kappa shape index (κ1) is 19.0. The molecule has 0 radical (unpaired) electrons. The molecule has 1 saturated carbocycles. The van der Waals surface area contributed by atoms with E-state index in [4.69, 9.17) is 0 Å². The first-order valence-electron chi connectivity index (χ1n) is 9.69. The second kappa shape index (κ2) is 9.80. The van der Waals surface area contributed by atoms with E-state index < -0.39 is 0 Å². The highest BCUT2D eigenvalue weighted by atomic mass is 16.1. The number of nitrogens with zero attached hydrogens (tertiary/aromatic N) is 2. The fourth-order valence-corrected chi connectivity index (χ4v) is 3.42. The Morgan fingerprint density at radius 2 is 1.93 bits per heavy atom. The van der Waals surface area contributed by atoms with E-state index in [1.165, 1.54) is 12.8 Å². The van der Waals surface area contributed by atoms with Crippen molar-refractivity contribution in [3.8, 4) is 0 Å². The summed E-state index contributed by atoms with van der Waals surface area (Å²) in [4.78, 5) is 16.6. The summed E-state index contributed by atoms with van der Waals surface area (Å²) in [6.45, 7) is 2.33. The van der Waals surface area contributed by atoms with Crippen molar-refractivity contribution >= 4 is 17.6 Å². The molecule has 0 bridgehead atoms. The Morgan fingerprint density at radius 1 is 1.15 bits per heavy atom. The van der Waals surface area contributed by atoms with Crippen LogP contribution < -0.4 is 16.0 Å². The maximum atomic E-state index is 12.3. The number of rotatable bonds is 7. The number of carbonyl (C=O) groups excluding carboxylic acids is 1. The Labute approximate surface area is 161 Å². The van der Waals surface area contributed by atoms with Gasteiger partial charge in [0.2, 0.25) is 5.91 Å². The molecule has 6 nitrogen and oxygen atoms in total. The van der Waals surface area contributed by atoms with Crippen molar-refractivity contribution in [1.29, 1.82) is 0 Å². The number of carbonyl (C=O) groups is 1. The lowest BCUT2D eigenvalue weighted by Gasteiger charge is -2.14. The zero-order valence-corrected chi connectivity index (χ0v) is 15.9. The molecule has 144 valence electrons. The first-order valence-corrected chi connectivity index (χ1v) is 9.69. The van der Waals surface area contributed by atoms with Gasteiger partial charge >= 0.3 is 0 Å². The van der Waals surface area contributed by atoms with Gasteiger partial charge in [0.05, 0.1) is 0 Å². The third kappa shape index (κ3) is 5.88. The molecular formula is C21H29N5O. The van der Waals surface area contributed by atoms with Crippen LogP contribution in [0.3, 0.4) is 0 Å². The second-order valence-electron chi connectivity index (χ2n) is 6.94. The SMILES string of the molecule is CN=C(NCCn1cccc1)NCc1cccc(NC(=O)C2CCCC2)c1. The van der Waals surface area contributed by atoms with E-state index in [0.29, 0.717) is 6.54 Å². The molecule has 1 aromatic carbocycles. The highest BCUT2D eigenvalue weighted by Crippen LogP contribution is 2.26. The summed E-state index contributed by atoms with van der Waals surface area (Å²) in [5.41, 5.74) is 1.97. The quantitative estimate of drug-likeness (QED) is 0.520. The second-order valence-corrected chi connectivity index (χ2v) is 6.94. The summed E-state index contributed by atoms with van der Waals surface area (Å²) < 4.78 is 2.12. The average Bonchev–Trinajstić information content (AvgIpc) is 3.38. The summed E-state index contributed by atoms with van der Waals surface area (Å²) in [5.74, 6) is 1.10. The molecular weight excluding hydrogens is 338 g/mol. The maximum Gasteiger partial charge on any atom is 0.227 e. The van der Waals surface area contributed by atoms with Gasteiger partial charge < -0.3 is 20.5 Å². The van der Waals surface area contributed by atoms with Crippen molar-refractivity contribution in [3.05, 3.63) is 54.4 Å². The molecule has 1 aromatic heterocycles. The zero-order chi connectivity index (χ0) is 18.9. The summed E-state index contributed by atoms with van der Waals surface area (Å²) >= 11 is 0. The number of amides is 1. The van der Waals surface area contributed by atoms with Gasteiger partial charge in [0.25, 0.3) is 0 Å². The predicted molar refractivity (Wildman–Crippen MR) is 110 cm³/mol. The van der Waals surface area contributed by atoms with Gasteiger partial charge in [-0.05, 0) is 42.7 Å². The van der Waals surface area contributed by atoms with Gasteiger partial charge in [-0.25, -0.2) is 0 Å². The van der Waals surface area contributed by atoms with Gasteiger partial charge in [-0.3, -0.25) is 9.79 Å². The van der Waals surface area contributed by atoms with Crippen molar-refractivity contribution in [2.45, 2.75) is 38.8 Å². The molecule has 6 heteroatoms. The Bertz CT molecular complexity index is 748. The van der Waals surface area contributed by atoms with Crippen LogP contribution >= 0.6 is 0 Å². The standard InChI is InChI=1S/C21H29N5O/c1-22-21(23-11-14-26-12-4-5-13-26)24-16-17-7-6-10-19(15-17)25-20(27)18-8-2-3-9-18/h4-7,10,12-13,15,18H,2-3,8-9,11,14,16H2,1H3,(H,25,27)(H2,22,23,24). The topological polar surface area (TPSA) is 70.5 Å². The van der Waals surface area contributed by atoms with E-state index in [2.05, 4.69) is 25.5 Å². The summed E-state index contributed by atoms with van der Waals surface area (Å²) in [5, 5.41) is 9.69. The van der Waals surface area contributed by atoms with Gasteiger partial charge in [0.15, 0.2) is 5.96 Å². The molecule has 0 aliphatic heterocycles. The first-order chi connectivity index (χ1) is 13.2. The Kier molecular flexibility index (Phi) is 6.90. The van der Waals surface area contributed by atoms with Gasteiger partial charge in [-0.15, -0.1) is 0 Å². The average molecular weight is 367 g/mol. The number of anilines is 1. The number of aromatic nitrogens is 1. The molecule has 3 N–H and O–H groups in total. The van der Waals surface area contributed by atoms with Crippen LogP contribution in [0.1, 0.15) is 31.2 Å². The van der Waals surface area contributed by atoms with Crippen LogP contribution in [-0.2, 0) is 17.9 Å². The number of benzene rings is 1. The summed E-state index contributed by atoms with van der Waals surface area (Å²) in [7, 11) is 1.77. The normalized spacial score (nSPS) is 14.9. The Morgan fingerprint density at radius 3 is 2.67 bits per heavy atom. The molecule has 0 atom stereocenters. The smallest absolute Gasteiger partial charge is 0.227 e. The van der Waals surface area contributed by atoms with E-state index in [1.807, 2.05) is 48.8 Å². The van der Waals surface area contributed by atoms with E-state index in [1.54, 1.807) is 7.05 Å². The molecule has 0 unspecified atom stereocenters. The van der Waals surface area contributed by atoms with Crippen LogP contribution in [0.4, 0.5) is 5.69 Å². The van der Waals surface area contributed by atoms with Crippen LogP contribution in [0.5, 0.6) is 0 Å². The fraction of sp³-hybridized carbons (Fsp3) is 0.429. The Balaban J connectivity index is 1.45. The monoisotopic (exact) mass is 367 g/mol. The van der Waals surface area contributed by atoms with Crippen molar-refractivity contribution in [2.24, 2.45) is 10.9 Å². The fourth-order valence-electron chi connectivity index (χ4n) is 3.42. The van der Waals surface area contributed by atoms with Gasteiger partial charge in [0.1, 0.15) is 0 Å². The largest absolute Gasteiger partial charge is 0.355 e. The van der Waals surface area contributed by atoms with Gasteiger partial charge in [-0.2, -0.15) is 0 Å². The van der Waals surface area contributed by atoms with Crippen LogP contribution in [-0.4, -0.2) is 30.0 Å². The molecule has 27 heavy (non-hydrogen) atoms. The lowest BCUT2D eigenvalue weighted by atomic mass is 10.1. The third-order valence-electron chi connectivity index (χ3n) is 4.93. The number of nitrogens with one attached hydrogen (secondary N) is 3. The Hall–Kier alpha value is -2.76. The lowest BCUT2D eigenvalue weighted by molar-refractivity contribution is -0.119. The lowest BCUT2D eigenvalue weighted by Crippen LogP contribution is -2.38. The zero-order valence-electron chi connectivity index (χ0n) is 15.9. The number of guanidine groups is 1. The van der Waals surface area contributed by atoms with E-state index >= 15 is 0 Å². The molecule has 1 heterocycles. The highest BCUT2D eigenvalue weighted by Gasteiger charge is 2.22. The van der Waals surface area contributed by atoms with E-state index in [0.717, 1.165) is 43.1 Å². The molecule has 1 fully saturated rings. The minimum absolute atomic E-state index is 0.153. The van der Waals surface area contributed by atoms with Crippen LogP contribution in [0.2, 0.25) is 0 Å². The maximum absolute atomic E-state index is 12.3. The van der Waals surface area contributed by atoms with Crippen molar-refractivity contribution in [3.63, 3.8) is 0 Å². The molecule has 2 aromatic rings. The number of hydrogen-bond donors (Lipinski definition) is 3. The van der Waals surface area contributed by atoms with E-state index in [-0.39, 0.29) is 11.8 Å². The summed E-state index contributed by atoms with van der Waals surface area (Å²) in [6.07, 6.45) is 8.44. The van der Waals surface area contributed by atoms with Gasteiger partial charge in [0, 0.05) is 50.7 Å². The minimum atomic E-state index is 0.153. The van der Waals surface area contributed by atoms with Gasteiger partial charge in [-0.1, -0.05) is 25.0 Å². The molecule has 0 spiro atoms. The highest BCUT2D eigenvalue weighted by molar-refractivity contribution is 5.92. The molecule has 3 rings (SSSR count). The molecule has 1 aliphatic rings. The van der Waals surface area contributed by atoms with Crippen molar-refractivity contribution < 1.29 is 4.79 Å². The molecule has 1 aliphatic carbocycles. The van der Waals surface area contributed by atoms with Crippen molar-refractivity contribution in [2.75, 3.05) is 18.9 Å². The van der Waals surface area contributed by atoms with Crippen molar-refractivity contribution in [1.82, 2.24) is 15.2 Å². The summed E-state index contributed by atoms with van der Waals surface area (Å²) in [6, 6.07) is 12.0. The third-order valence-corrected chi connectivity index (χ3v) is 4.93. The van der Waals surface area contributed by atoms with Crippen LogP contribution in [0.15, 0.2) is 53.8 Å². The van der Waals surface area contributed by atoms with Crippen LogP contribution in [0.25, 0.3) is 0 Å². The van der Waals surface area contributed by atoms with Crippen LogP contribution in [0, 0.1) is 5.92 Å². The predicted octanol–water partition coefficient (Wildman–Crippen LogP) is 2.98. The molecule has 0 saturated heterocycles. The number of hydrogen-bond acceptors (Lipinski definition) is 2. The minimum Gasteiger partial charge on any atom is -0.355 e.